The van der Waals surface area contributed by atoms with Gasteiger partial charge in [0.15, 0.2) is 5.82 Å². The van der Waals surface area contributed by atoms with Gasteiger partial charge in [0.1, 0.15) is 17.2 Å². The van der Waals surface area contributed by atoms with Gasteiger partial charge in [0, 0.05) is 30.1 Å². The van der Waals surface area contributed by atoms with Crippen LogP contribution in [0.2, 0.25) is 0 Å². The van der Waals surface area contributed by atoms with E-state index in [-0.39, 0.29) is 11.3 Å². The van der Waals surface area contributed by atoms with Crippen molar-refractivity contribution in [3.8, 4) is 16.9 Å². The molecule has 5 rings (SSSR count). The lowest BCUT2D eigenvalue weighted by atomic mass is 9.48. The van der Waals surface area contributed by atoms with Crippen molar-refractivity contribution in [2.45, 2.75) is 76.6 Å². The Morgan fingerprint density at radius 3 is 2.35 bits per heavy atom. The summed E-state index contributed by atoms with van der Waals surface area (Å²) < 4.78 is 37.3. The number of alkyl carbamates (subject to hydrolysis) is 1. The SMILES string of the molecule is [B]C([B])([B])N(C(=O)c1cccc(OC(F)F)c1)[C@@H]1CCn2c1nc1ccc(-c3cnc(C(C)(C)NC(=O)OC(C)(C)C)nc3)cc12. The van der Waals surface area contributed by atoms with Crippen molar-refractivity contribution >= 4 is 46.6 Å². The van der Waals surface area contributed by atoms with E-state index < -0.39 is 41.0 Å². The van der Waals surface area contributed by atoms with Gasteiger partial charge < -0.3 is 24.3 Å². The second-order valence-corrected chi connectivity index (χ2v) is 12.6. The predicted molar refractivity (Wildman–Crippen MR) is 170 cm³/mol. The molecule has 0 saturated carbocycles. The van der Waals surface area contributed by atoms with E-state index in [1.165, 1.54) is 24.3 Å². The maximum atomic E-state index is 13.7. The summed E-state index contributed by atoms with van der Waals surface area (Å²) in [6, 6.07) is 10.3. The van der Waals surface area contributed by atoms with Crippen LogP contribution in [0.4, 0.5) is 13.6 Å². The molecule has 0 unspecified atom stereocenters. The number of aromatic nitrogens is 4. The maximum Gasteiger partial charge on any atom is 0.408 e. The Morgan fingerprint density at radius 2 is 1.72 bits per heavy atom. The minimum Gasteiger partial charge on any atom is -0.444 e. The first kappa shape index (κ1) is 33.0. The van der Waals surface area contributed by atoms with Crippen LogP contribution in [0.15, 0.2) is 54.9 Å². The predicted octanol–water partition coefficient (Wildman–Crippen LogP) is 4.56. The molecule has 46 heavy (non-hydrogen) atoms. The second kappa shape index (κ2) is 12.1. The molecule has 15 heteroatoms. The van der Waals surface area contributed by atoms with Crippen molar-refractivity contribution in [2.75, 3.05) is 0 Å². The molecular formula is C31H31B3F2N6O4. The molecule has 1 aliphatic heterocycles. The highest BCUT2D eigenvalue weighted by Crippen LogP contribution is 2.38. The molecule has 4 aromatic rings. The van der Waals surface area contributed by atoms with Gasteiger partial charge in [0.05, 0.1) is 46.2 Å². The lowest BCUT2D eigenvalue weighted by Crippen LogP contribution is -2.55. The molecule has 232 valence electrons. The van der Waals surface area contributed by atoms with Crippen LogP contribution < -0.4 is 10.1 Å². The van der Waals surface area contributed by atoms with Crippen molar-refractivity contribution in [3.63, 3.8) is 0 Å². The van der Waals surface area contributed by atoms with Crippen molar-refractivity contribution in [2.24, 2.45) is 0 Å². The molecule has 2 amide bonds. The van der Waals surface area contributed by atoms with E-state index >= 15 is 0 Å². The van der Waals surface area contributed by atoms with Gasteiger partial charge in [0.2, 0.25) is 0 Å². The number of imidazole rings is 1. The summed E-state index contributed by atoms with van der Waals surface area (Å²) in [6.45, 7) is 6.34. The molecule has 6 radical (unpaired) electrons. The first-order valence-electron chi connectivity index (χ1n) is 14.5. The van der Waals surface area contributed by atoms with Gasteiger partial charge in [-0.1, -0.05) is 17.4 Å². The monoisotopic (exact) mass is 622 g/mol. The summed E-state index contributed by atoms with van der Waals surface area (Å²) in [6.07, 6.45) is 3.18. The molecule has 1 aliphatic rings. The normalized spacial score (nSPS) is 15.1. The Balaban J connectivity index is 1.41. The van der Waals surface area contributed by atoms with Crippen LogP contribution in [0.3, 0.4) is 0 Å². The highest BCUT2D eigenvalue weighted by atomic mass is 19.3. The number of amides is 2. The van der Waals surface area contributed by atoms with Gasteiger partial charge in [0.25, 0.3) is 5.91 Å². The Morgan fingerprint density at radius 1 is 1.02 bits per heavy atom. The molecule has 2 aromatic heterocycles. The van der Waals surface area contributed by atoms with Crippen LogP contribution in [-0.4, -0.2) is 77.4 Å². The number of carbonyl (C=O) groups excluding carboxylic acids is 2. The molecule has 2 aromatic carbocycles. The third kappa shape index (κ3) is 7.03. The number of hydrogen-bond donors (Lipinski definition) is 1. The van der Waals surface area contributed by atoms with E-state index in [0.29, 0.717) is 30.1 Å². The van der Waals surface area contributed by atoms with Crippen LogP contribution in [-0.2, 0) is 16.8 Å². The van der Waals surface area contributed by atoms with E-state index in [2.05, 4.69) is 20.0 Å². The molecular weight excluding hydrogens is 591 g/mol. The molecule has 0 fully saturated rings. The first-order valence-corrected chi connectivity index (χ1v) is 14.5. The third-order valence-electron chi connectivity index (χ3n) is 7.31. The van der Waals surface area contributed by atoms with E-state index in [0.717, 1.165) is 21.5 Å². The molecule has 0 spiro atoms. The first-order chi connectivity index (χ1) is 21.4. The Bertz CT molecular complexity index is 1770. The van der Waals surface area contributed by atoms with Crippen molar-refractivity contribution in [1.82, 2.24) is 29.7 Å². The Hall–Kier alpha value is -4.42. The standard InChI is InChI=1S/C31H31B3F2N6O4/c1-29(2,3)46-28(44)40-30(4,5)26-37-15-19(16-38-26)17-9-10-21-23(14-17)41-12-11-22(24(41)39-21)42(31(32,33)34)25(43)18-7-6-8-20(13-18)45-27(35)36/h6-10,13-16,22,27H,11-12H2,1-5H3,(H,40,44)/t22-/m1/s1. The van der Waals surface area contributed by atoms with Gasteiger partial charge in [-0.15, -0.1) is 0 Å². The van der Waals surface area contributed by atoms with Gasteiger partial charge in [-0.3, -0.25) is 4.79 Å². The number of rotatable bonds is 8. The van der Waals surface area contributed by atoms with E-state index in [1.807, 2.05) is 22.8 Å². The number of nitrogens with zero attached hydrogens (tertiary/aromatic N) is 5. The zero-order chi connectivity index (χ0) is 33.6. The minimum absolute atomic E-state index is 0.0219. The van der Waals surface area contributed by atoms with Crippen molar-refractivity contribution in [3.05, 3.63) is 72.1 Å². The minimum atomic E-state index is -3.06. The molecule has 1 atom stereocenters. The Kier molecular flexibility index (Phi) is 8.65. The fourth-order valence-electron chi connectivity index (χ4n) is 5.38. The highest BCUT2D eigenvalue weighted by Gasteiger charge is 2.39. The fraction of sp³-hybridized carbons (Fsp3) is 0.387. The number of ether oxygens (including phenoxy) is 2. The van der Waals surface area contributed by atoms with Gasteiger partial charge in [-0.25, -0.2) is 19.7 Å². The highest BCUT2D eigenvalue weighted by molar-refractivity contribution is 6.60. The number of fused-ring (bicyclic) bond motifs is 3. The molecule has 1 N–H and O–H groups in total. The number of alkyl halides is 2. The van der Waals surface area contributed by atoms with Crippen LogP contribution in [0.1, 0.15) is 69.1 Å². The third-order valence-corrected chi connectivity index (χ3v) is 7.31. The Labute approximate surface area is 269 Å². The largest absolute Gasteiger partial charge is 0.444 e. The number of halogens is 2. The van der Waals surface area contributed by atoms with Crippen LogP contribution in [0, 0.1) is 0 Å². The van der Waals surface area contributed by atoms with E-state index in [1.54, 1.807) is 47.0 Å². The summed E-state index contributed by atoms with van der Waals surface area (Å²) in [5, 5.41) is 0.708. The number of hydrogen-bond acceptors (Lipinski definition) is 7. The van der Waals surface area contributed by atoms with Crippen molar-refractivity contribution in [1.29, 1.82) is 0 Å². The van der Waals surface area contributed by atoms with Crippen LogP contribution in [0.5, 0.6) is 5.75 Å². The smallest absolute Gasteiger partial charge is 0.408 e. The van der Waals surface area contributed by atoms with Crippen molar-refractivity contribution < 1.29 is 27.8 Å². The van der Waals surface area contributed by atoms with Crippen LogP contribution >= 0.6 is 0 Å². The average molecular weight is 622 g/mol. The maximum absolute atomic E-state index is 13.7. The zero-order valence-electron chi connectivity index (χ0n) is 26.1. The van der Waals surface area contributed by atoms with Gasteiger partial charge in [-0.2, -0.15) is 8.78 Å². The average Bonchev–Trinajstić information content (AvgIpc) is 3.50. The summed E-state index contributed by atoms with van der Waals surface area (Å²) in [4.78, 5) is 40.9. The lowest BCUT2D eigenvalue weighted by Gasteiger charge is -2.41. The van der Waals surface area contributed by atoms with Gasteiger partial charge >= 0.3 is 12.7 Å². The molecule has 3 heterocycles. The number of carbonyl (C=O) groups is 2. The van der Waals surface area contributed by atoms with E-state index in [4.69, 9.17) is 33.3 Å². The molecule has 0 saturated heterocycles. The molecule has 0 aliphatic carbocycles. The molecule has 10 nitrogen and oxygen atoms in total. The summed E-state index contributed by atoms with van der Waals surface area (Å²) in [5.74, 6) is 0.0669. The fourth-order valence-corrected chi connectivity index (χ4v) is 5.38. The number of aryl methyl sites for hydroxylation is 1. The summed E-state index contributed by atoms with van der Waals surface area (Å²) in [5.41, 5.74) is 1.49. The number of nitrogens with one attached hydrogen (secondary N) is 1. The summed E-state index contributed by atoms with van der Waals surface area (Å²) >= 11 is 0. The summed E-state index contributed by atoms with van der Waals surface area (Å²) in [7, 11) is 18.3. The molecule has 0 bridgehead atoms. The zero-order valence-corrected chi connectivity index (χ0v) is 26.1. The van der Waals surface area contributed by atoms with E-state index in [9.17, 15) is 18.4 Å². The number of benzene rings is 2. The van der Waals surface area contributed by atoms with Crippen LogP contribution in [0.25, 0.3) is 22.2 Å². The topological polar surface area (TPSA) is 111 Å². The van der Waals surface area contributed by atoms with Gasteiger partial charge in [-0.05, 0) is 76.9 Å². The quantitative estimate of drug-likeness (QED) is 0.287. The second-order valence-electron chi connectivity index (χ2n) is 12.6. The lowest BCUT2D eigenvalue weighted by molar-refractivity contribution is -0.0499.